The summed E-state index contributed by atoms with van der Waals surface area (Å²) in [6.07, 6.45) is 2.36. The third-order valence-electron chi connectivity index (χ3n) is 4.50. The van der Waals surface area contributed by atoms with Gasteiger partial charge in [-0.25, -0.2) is 4.39 Å². The quantitative estimate of drug-likeness (QED) is 0.370. The predicted molar refractivity (Wildman–Crippen MR) is 111 cm³/mol. The SMILES string of the molecule is CN=C(NCc1ccccc1F)NCC1CCN(CCOC)CC1.I. The van der Waals surface area contributed by atoms with Crippen LogP contribution in [0.5, 0.6) is 0 Å². The van der Waals surface area contributed by atoms with Crippen molar-refractivity contribution in [1.29, 1.82) is 0 Å². The van der Waals surface area contributed by atoms with E-state index in [0.29, 0.717) is 18.0 Å². The van der Waals surface area contributed by atoms with E-state index in [1.165, 1.54) is 18.9 Å². The molecule has 2 rings (SSSR count). The second kappa shape index (κ2) is 12.4. The molecule has 142 valence electrons. The van der Waals surface area contributed by atoms with Gasteiger partial charge in [0.15, 0.2) is 5.96 Å². The lowest BCUT2D eigenvalue weighted by molar-refractivity contribution is 0.121. The molecule has 1 saturated heterocycles. The van der Waals surface area contributed by atoms with Gasteiger partial charge in [-0.05, 0) is 37.9 Å². The third-order valence-corrected chi connectivity index (χ3v) is 4.50. The highest BCUT2D eigenvalue weighted by Gasteiger charge is 2.19. The summed E-state index contributed by atoms with van der Waals surface area (Å²) in [5, 5.41) is 6.53. The Balaban J connectivity index is 0.00000312. The van der Waals surface area contributed by atoms with Gasteiger partial charge in [-0.3, -0.25) is 4.99 Å². The number of likely N-dealkylation sites (tertiary alicyclic amines) is 1. The molecular weight excluding hydrogens is 434 g/mol. The minimum Gasteiger partial charge on any atom is -0.383 e. The van der Waals surface area contributed by atoms with Crippen LogP contribution in [0.4, 0.5) is 4.39 Å². The van der Waals surface area contributed by atoms with E-state index in [1.807, 2.05) is 6.07 Å². The summed E-state index contributed by atoms with van der Waals surface area (Å²) < 4.78 is 18.8. The monoisotopic (exact) mass is 464 g/mol. The van der Waals surface area contributed by atoms with Crippen molar-refractivity contribution in [3.63, 3.8) is 0 Å². The number of rotatable bonds is 7. The number of nitrogens with one attached hydrogen (secondary N) is 2. The summed E-state index contributed by atoms with van der Waals surface area (Å²) in [6.45, 7) is 5.39. The van der Waals surface area contributed by atoms with Crippen LogP contribution >= 0.6 is 24.0 Å². The van der Waals surface area contributed by atoms with Crippen LogP contribution in [-0.4, -0.2) is 57.8 Å². The number of hydrogen-bond donors (Lipinski definition) is 2. The smallest absolute Gasteiger partial charge is 0.191 e. The van der Waals surface area contributed by atoms with Crippen molar-refractivity contribution in [2.24, 2.45) is 10.9 Å². The predicted octanol–water partition coefficient (Wildman–Crippen LogP) is 2.47. The number of halogens is 2. The molecule has 1 aliphatic heterocycles. The molecule has 0 amide bonds. The second-order valence-electron chi connectivity index (χ2n) is 6.18. The van der Waals surface area contributed by atoms with Crippen LogP contribution in [0.15, 0.2) is 29.3 Å². The Morgan fingerprint density at radius 2 is 2.00 bits per heavy atom. The van der Waals surface area contributed by atoms with Crippen LogP contribution in [0.2, 0.25) is 0 Å². The molecule has 0 radical (unpaired) electrons. The highest BCUT2D eigenvalue weighted by molar-refractivity contribution is 14.0. The summed E-state index contributed by atoms with van der Waals surface area (Å²) in [5.41, 5.74) is 0.645. The molecule has 1 heterocycles. The zero-order valence-electron chi connectivity index (χ0n) is 15.1. The summed E-state index contributed by atoms with van der Waals surface area (Å²) in [6, 6.07) is 6.80. The first-order valence-electron chi connectivity index (χ1n) is 8.62. The van der Waals surface area contributed by atoms with E-state index in [0.717, 1.165) is 38.7 Å². The lowest BCUT2D eigenvalue weighted by atomic mass is 9.97. The van der Waals surface area contributed by atoms with Gasteiger partial charge in [0.25, 0.3) is 0 Å². The van der Waals surface area contributed by atoms with Crippen molar-refractivity contribution in [2.45, 2.75) is 19.4 Å². The number of aliphatic imine (C=N–C) groups is 1. The minimum atomic E-state index is -0.191. The average molecular weight is 464 g/mol. The maximum absolute atomic E-state index is 13.6. The third kappa shape index (κ3) is 7.87. The number of benzene rings is 1. The molecule has 0 bridgehead atoms. The maximum Gasteiger partial charge on any atom is 0.191 e. The van der Waals surface area contributed by atoms with Gasteiger partial charge in [0.2, 0.25) is 0 Å². The van der Waals surface area contributed by atoms with Crippen molar-refractivity contribution in [3.8, 4) is 0 Å². The van der Waals surface area contributed by atoms with Gasteiger partial charge in [0.1, 0.15) is 5.82 Å². The van der Waals surface area contributed by atoms with Crippen molar-refractivity contribution < 1.29 is 9.13 Å². The highest BCUT2D eigenvalue weighted by Crippen LogP contribution is 2.16. The van der Waals surface area contributed by atoms with Gasteiger partial charge in [-0.2, -0.15) is 0 Å². The molecule has 0 aromatic heterocycles. The fourth-order valence-corrected chi connectivity index (χ4v) is 2.92. The largest absolute Gasteiger partial charge is 0.383 e. The Morgan fingerprint density at radius 3 is 2.64 bits per heavy atom. The second-order valence-corrected chi connectivity index (χ2v) is 6.18. The molecule has 0 spiro atoms. The Hall–Kier alpha value is -0.930. The zero-order valence-corrected chi connectivity index (χ0v) is 17.5. The van der Waals surface area contributed by atoms with Crippen molar-refractivity contribution >= 4 is 29.9 Å². The molecular formula is C18H30FIN4O. The van der Waals surface area contributed by atoms with Crippen molar-refractivity contribution in [3.05, 3.63) is 35.6 Å². The molecule has 1 aromatic carbocycles. The lowest BCUT2D eigenvalue weighted by Crippen LogP contribution is -2.43. The Morgan fingerprint density at radius 1 is 1.28 bits per heavy atom. The number of piperidine rings is 1. The normalized spacial score (nSPS) is 16.4. The van der Waals surface area contributed by atoms with Gasteiger partial charge in [-0.1, -0.05) is 18.2 Å². The number of hydrogen-bond acceptors (Lipinski definition) is 3. The average Bonchev–Trinajstić information content (AvgIpc) is 2.62. The number of nitrogens with zero attached hydrogens (tertiary/aromatic N) is 2. The summed E-state index contributed by atoms with van der Waals surface area (Å²) in [5.74, 6) is 1.18. The molecule has 1 aliphatic rings. The first-order valence-corrected chi connectivity index (χ1v) is 8.62. The first-order chi connectivity index (χ1) is 11.7. The van der Waals surface area contributed by atoms with Gasteiger partial charge >= 0.3 is 0 Å². The number of ether oxygens (including phenoxy) is 1. The van der Waals surface area contributed by atoms with Crippen LogP contribution in [0.3, 0.4) is 0 Å². The zero-order chi connectivity index (χ0) is 17.2. The van der Waals surface area contributed by atoms with E-state index in [9.17, 15) is 4.39 Å². The molecule has 1 aromatic rings. The Labute approximate surface area is 167 Å². The van der Waals surface area contributed by atoms with E-state index < -0.39 is 0 Å². The highest BCUT2D eigenvalue weighted by atomic mass is 127. The summed E-state index contributed by atoms with van der Waals surface area (Å²) in [7, 11) is 3.49. The van der Waals surface area contributed by atoms with E-state index >= 15 is 0 Å². The van der Waals surface area contributed by atoms with Gasteiger partial charge in [0.05, 0.1) is 6.61 Å². The molecule has 0 atom stereocenters. The Bertz CT molecular complexity index is 522. The van der Waals surface area contributed by atoms with Crippen LogP contribution in [-0.2, 0) is 11.3 Å². The number of guanidine groups is 1. The van der Waals surface area contributed by atoms with E-state index in [4.69, 9.17) is 4.74 Å². The van der Waals surface area contributed by atoms with Crippen LogP contribution in [0.25, 0.3) is 0 Å². The summed E-state index contributed by atoms with van der Waals surface area (Å²) in [4.78, 5) is 6.67. The summed E-state index contributed by atoms with van der Waals surface area (Å²) >= 11 is 0. The molecule has 25 heavy (non-hydrogen) atoms. The van der Waals surface area contributed by atoms with Crippen molar-refractivity contribution in [1.82, 2.24) is 15.5 Å². The minimum absolute atomic E-state index is 0. The van der Waals surface area contributed by atoms with Crippen LogP contribution in [0.1, 0.15) is 18.4 Å². The Kier molecular flexibility index (Phi) is 11.0. The fourth-order valence-electron chi connectivity index (χ4n) is 2.92. The van der Waals surface area contributed by atoms with Crippen molar-refractivity contribution in [2.75, 3.05) is 46.9 Å². The fraction of sp³-hybridized carbons (Fsp3) is 0.611. The first kappa shape index (κ1) is 22.1. The lowest BCUT2D eigenvalue weighted by Gasteiger charge is -2.32. The van der Waals surface area contributed by atoms with Gasteiger partial charge in [-0.15, -0.1) is 24.0 Å². The van der Waals surface area contributed by atoms with Crippen LogP contribution in [0, 0.1) is 11.7 Å². The topological polar surface area (TPSA) is 48.9 Å². The molecule has 7 heteroatoms. The molecule has 0 aliphatic carbocycles. The molecule has 1 fully saturated rings. The number of methoxy groups -OCH3 is 1. The van der Waals surface area contributed by atoms with E-state index in [2.05, 4.69) is 20.5 Å². The molecule has 0 saturated carbocycles. The van der Waals surface area contributed by atoms with Crippen LogP contribution < -0.4 is 10.6 Å². The molecule has 0 unspecified atom stereocenters. The maximum atomic E-state index is 13.6. The van der Waals surface area contributed by atoms with Gasteiger partial charge < -0.3 is 20.3 Å². The van der Waals surface area contributed by atoms with E-state index in [-0.39, 0.29) is 29.8 Å². The van der Waals surface area contributed by atoms with E-state index in [1.54, 1.807) is 26.3 Å². The molecule has 2 N–H and O–H groups in total. The van der Waals surface area contributed by atoms with Gasteiger partial charge in [0, 0.05) is 39.4 Å². The molecule has 5 nitrogen and oxygen atoms in total. The standard InChI is InChI=1S/C18H29FN4O.HI/c1-20-18(22-14-16-5-3-4-6-17(16)19)21-13-15-7-9-23(10-8-15)11-12-24-2;/h3-6,15H,7-14H2,1-2H3,(H2,20,21,22);1H.